The molecule has 1 fully saturated rings. The monoisotopic (exact) mass is 264 g/mol. The summed E-state index contributed by atoms with van der Waals surface area (Å²) < 4.78 is 5.61. The van der Waals surface area contributed by atoms with Crippen molar-refractivity contribution in [3.8, 4) is 11.1 Å². The van der Waals surface area contributed by atoms with Gasteiger partial charge in [0, 0.05) is 12.3 Å². The van der Waals surface area contributed by atoms with E-state index in [4.69, 9.17) is 4.74 Å². The molecule has 2 heteroatoms. The smallest absolute Gasteiger partial charge is 0.163 e. The Bertz CT molecular complexity index is 629. The average molecular weight is 264 g/mol. The molecule has 0 bridgehead atoms. The van der Waals surface area contributed by atoms with Crippen LogP contribution in [0.25, 0.3) is 11.1 Å². The highest BCUT2D eigenvalue weighted by molar-refractivity contribution is 5.85. The Kier molecular flexibility index (Phi) is 2.71. The van der Waals surface area contributed by atoms with Crippen LogP contribution in [0.1, 0.15) is 29.9 Å². The first kappa shape index (κ1) is 11.9. The molecule has 1 unspecified atom stereocenters. The van der Waals surface area contributed by atoms with E-state index in [9.17, 15) is 4.79 Å². The summed E-state index contributed by atoms with van der Waals surface area (Å²) in [5, 5.41) is 0. The molecule has 0 spiro atoms. The highest BCUT2D eigenvalue weighted by Gasteiger charge is 2.34. The molecule has 0 saturated carbocycles. The van der Waals surface area contributed by atoms with Gasteiger partial charge in [-0.3, -0.25) is 4.79 Å². The summed E-state index contributed by atoms with van der Waals surface area (Å²) >= 11 is 0. The summed E-state index contributed by atoms with van der Waals surface area (Å²) in [7, 11) is 0. The molecule has 2 aromatic carbocycles. The quantitative estimate of drug-likeness (QED) is 0.829. The molecule has 1 saturated heterocycles. The molecule has 0 amide bonds. The zero-order chi connectivity index (χ0) is 13.5. The van der Waals surface area contributed by atoms with Crippen LogP contribution in [0.5, 0.6) is 0 Å². The SMILES string of the molecule is O=C1CCOC1CC1c2ccccc2-c2ccccc21. The van der Waals surface area contributed by atoms with Crippen molar-refractivity contribution in [3.05, 3.63) is 59.7 Å². The van der Waals surface area contributed by atoms with Crippen LogP contribution in [0.15, 0.2) is 48.5 Å². The summed E-state index contributed by atoms with van der Waals surface area (Å²) in [6.45, 7) is 0.583. The zero-order valence-corrected chi connectivity index (χ0v) is 11.2. The first-order valence-corrected chi connectivity index (χ1v) is 7.17. The molecule has 2 aromatic rings. The largest absolute Gasteiger partial charge is 0.370 e. The van der Waals surface area contributed by atoms with Gasteiger partial charge in [0.15, 0.2) is 5.78 Å². The predicted octanol–water partition coefficient (Wildman–Crippen LogP) is 3.55. The van der Waals surface area contributed by atoms with E-state index in [1.54, 1.807) is 0 Å². The fraction of sp³-hybridized carbons (Fsp3) is 0.278. The number of Topliss-reactive ketones (excluding diaryl/α,β-unsaturated/α-hetero) is 1. The first-order valence-electron chi connectivity index (χ1n) is 7.17. The minimum atomic E-state index is -0.223. The normalized spacial score (nSPS) is 21.0. The van der Waals surface area contributed by atoms with Gasteiger partial charge in [-0.25, -0.2) is 0 Å². The van der Waals surface area contributed by atoms with Crippen LogP contribution < -0.4 is 0 Å². The lowest BCUT2D eigenvalue weighted by Crippen LogP contribution is -2.18. The van der Waals surface area contributed by atoms with E-state index in [2.05, 4.69) is 48.5 Å². The van der Waals surface area contributed by atoms with Crippen LogP contribution in [0.4, 0.5) is 0 Å². The van der Waals surface area contributed by atoms with Crippen LogP contribution in [-0.2, 0) is 9.53 Å². The number of carbonyl (C=O) groups is 1. The molecule has 1 aliphatic heterocycles. The summed E-state index contributed by atoms with van der Waals surface area (Å²) in [4.78, 5) is 11.9. The molecule has 1 atom stereocenters. The van der Waals surface area contributed by atoms with Crippen molar-refractivity contribution in [2.75, 3.05) is 6.61 Å². The summed E-state index contributed by atoms with van der Waals surface area (Å²) in [5.41, 5.74) is 5.27. The summed E-state index contributed by atoms with van der Waals surface area (Å²) in [5.74, 6) is 0.543. The number of hydrogen-bond acceptors (Lipinski definition) is 2. The second-order valence-corrected chi connectivity index (χ2v) is 5.54. The van der Waals surface area contributed by atoms with E-state index >= 15 is 0 Å². The van der Waals surface area contributed by atoms with Crippen LogP contribution in [0, 0.1) is 0 Å². The maximum Gasteiger partial charge on any atom is 0.163 e. The summed E-state index contributed by atoms with van der Waals surface area (Å²) in [6, 6.07) is 17.0. The molecule has 100 valence electrons. The maximum absolute atomic E-state index is 11.9. The maximum atomic E-state index is 11.9. The standard InChI is InChI=1S/C18H16O2/c19-17-9-10-20-18(17)11-16-14-7-3-1-5-12(14)13-6-2-4-8-15(13)16/h1-8,16,18H,9-11H2. The third-order valence-corrected chi connectivity index (χ3v) is 4.44. The summed E-state index contributed by atoms with van der Waals surface area (Å²) in [6.07, 6.45) is 1.12. The Hall–Kier alpha value is -1.93. The van der Waals surface area contributed by atoms with Gasteiger partial charge in [0.05, 0.1) is 6.61 Å². The molecule has 20 heavy (non-hydrogen) atoms. The van der Waals surface area contributed by atoms with Crippen molar-refractivity contribution in [2.45, 2.75) is 24.9 Å². The molecule has 2 nitrogen and oxygen atoms in total. The Labute approximate surface area is 118 Å². The molecule has 4 rings (SSSR count). The van der Waals surface area contributed by atoms with Crippen LogP contribution in [-0.4, -0.2) is 18.5 Å². The number of ketones is 1. The number of benzene rings is 2. The number of hydrogen-bond donors (Lipinski definition) is 0. The van der Waals surface area contributed by atoms with E-state index in [-0.39, 0.29) is 17.8 Å². The zero-order valence-electron chi connectivity index (χ0n) is 11.2. The van der Waals surface area contributed by atoms with Gasteiger partial charge in [-0.05, 0) is 28.7 Å². The van der Waals surface area contributed by atoms with E-state index in [1.165, 1.54) is 22.3 Å². The molecular formula is C18H16O2. The van der Waals surface area contributed by atoms with Crippen molar-refractivity contribution in [2.24, 2.45) is 0 Å². The van der Waals surface area contributed by atoms with Crippen molar-refractivity contribution in [1.29, 1.82) is 0 Å². The van der Waals surface area contributed by atoms with Crippen molar-refractivity contribution >= 4 is 5.78 Å². The van der Waals surface area contributed by atoms with Gasteiger partial charge in [-0.1, -0.05) is 48.5 Å². The van der Waals surface area contributed by atoms with Gasteiger partial charge >= 0.3 is 0 Å². The van der Waals surface area contributed by atoms with E-state index in [0.29, 0.717) is 13.0 Å². The van der Waals surface area contributed by atoms with Gasteiger partial charge < -0.3 is 4.74 Å². The molecular weight excluding hydrogens is 248 g/mol. The second kappa shape index (κ2) is 4.57. The number of rotatable bonds is 2. The Morgan fingerprint density at radius 1 is 0.950 bits per heavy atom. The minimum Gasteiger partial charge on any atom is -0.370 e. The fourth-order valence-electron chi connectivity index (χ4n) is 3.48. The lowest BCUT2D eigenvalue weighted by molar-refractivity contribution is -0.122. The lowest BCUT2D eigenvalue weighted by atomic mass is 9.90. The first-order chi connectivity index (χ1) is 9.84. The molecule has 0 aromatic heterocycles. The lowest BCUT2D eigenvalue weighted by Gasteiger charge is -2.17. The Balaban J connectivity index is 1.77. The molecule has 0 radical (unpaired) electrons. The number of fused-ring (bicyclic) bond motifs is 3. The van der Waals surface area contributed by atoms with Crippen molar-refractivity contribution < 1.29 is 9.53 Å². The van der Waals surface area contributed by atoms with Crippen molar-refractivity contribution in [1.82, 2.24) is 0 Å². The van der Waals surface area contributed by atoms with Crippen LogP contribution in [0.2, 0.25) is 0 Å². The van der Waals surface area contributed by atoms with Crippen LogP contribution >= 0.6 is 0 Å². The van der Waals surface area contributed by atoms with Gasteiger partial charge in [0.25, 0.3) is 0 Å². The van der Waals surface area contributed by atoms with Gasteiger partial charge in [-0.15, -0.1) is 0 Å². The molecule has 2 aliphatic rings. The third kappa shape index (κ3) is 1.72. The molecule has 1 aliphatic carbocycles. The van der Waals surface area contributed by atoms with Gasteiger partial charge in [-0.2, -0.15) is 0 Å². The van der Waals surface area contributed by atoms with E-state index in [1.807, 2.05) is 0 Å². The topological polar surface area (TPSA) is 26.3 Å². The Morgan fingerprint density at radius 2 is 1.55 bits per heavy atom. The average Bonchev–Trinajstić information content (AvgIpc) is 3.03. The third-order valence-electron chi connectivity index (χ3n) is 4.44. The van der Waals surface area contributed by atoms with Gasteiger partial charge in [0.2, 0.25) is 0 Å². The highest BCUT2D eigenvalue weighted by atomic mass is 16.5. The van der Waals surface area contributed by atoms with Crippen molar-refractivity contribution in [3.63, 3.8) is 0 Å². The molecule has 0 N–H and O–H groups in total. The van der Waals surface area contributed by atoms with E-state index in [0.717, 1.165) is 6.42 Å². The number of ether oxygens (including phenoxy) is 1. The van der Waals surface area contributed by atoms with Crippen LogP contribution in [0.3, 0.4) is 0 Å². The number of carbonyl (C=O) groups excluding carboxylic acids is 1. The van der Waals surface area contributed by atoms with E-state index < -0.39 is 0 Å². The minimum absolute atomic E-state index is 0.223. The van der Waals surface area contributed by atoms with Gasteiger partial charge in [0.1, 0.15) is 6.10 Å². The highest BCUT2D eigenvalue weighted by Crippen LogP contribution is 2.47. The second-order valence-electron chi connectivity index (χ2n) is 5.54. The predicted molar refractivity (Wildman–Crippen MR) is 77.7 cm³/mol. The Morgan fingerprint density at radius 3 is 2.10 bits per heavy atom. The fourth-order valence-corrected chi connectivity index (χ4v) is 3.48. The molecule has 1 heterocycles.